The fraction of sp³-hybridized carbons (Fsp3) is 0.450. The van der Waals surface area contributed by atoms with Gasteiger partial charge in [-0.3, -0.25) is 10.00 Å². The molecule has 0 bridgehead atoms. The Balaban J connectivity index is 1.15. The van der Waals surface area contributed by atoms with Crippen molar-refractivity contribution in [2.75, 3.05) is 44.2 Å². The third-order valence-corrected chi connectivity index (χ3v) is 5.06. The van der Waals surface area contributed by atoms with Crippen LogP contribution in [-0.4, -0.2) is 64.3 Å². The van der Waals surface area contributed by atoms with Crippen LogP contribution in [-0.2, 0) is 6.54 Å². The van der Waals surface area contributed by atoms with Gasteiger partial charge in [0.25, 0.3) is 0 Å². The molecule has 8 nitrogen and oxygen atoms in total. The second kappa shape index (κ2) is 8.99. The lowest BCUT2D eigenvalue weighted by molar-refractivity contribution is 0.253. The van der Waals surface area contributed by atoms with E-state index < -0.39 is 0 Å². The number of nitrogens with zero attached hydrogens (tertiary/aromatic N) is 5. The first-order valence-electron chi connectivity index (χ1n) is 9.84. The number of rotatable bonds is 8. The van der Waals surface area contributed by atoms with E-state index in [9.17, 15) is 0 Å². The molecule has 148 valence electrons. The van der Waals surface area contributed by atoms with Crippen LogP contribution >= 0.6 is 0 Å². The molecule has 0 aromatic carbocycles. The zero-order valence-electron chi connectivity index (χ0n) is 16.3. The van der Waals surface area contributed by atoms with Crippen molar-refractivity contribution < 1.29 is 4.42 Å². The molecule has 1 fully saturated rings. The van der Waals surface area contributed by atoms with Crippen LogP contribution in [0.25, 0.3) is 11.5 Å². The number of aryl methyl sites for hydroxylation is 1. The summed E-state index contributed by atoms with van der Waals surface area (Å²) in [6, 6.07) is 5.80. The van der Waals surface area contributed by atoms with Crippen molar-refractivity contribution in [3.05, 3.63) is 48.1 Å². The summed E-state index contributed by atoms with van der Waals surface area (Å²) < 4.78 is 5.70. The van der Waals surface area contributed by atoms with E-state index >= 15 is 0 Å². The first-order valence-corrected chi connectivity index (χ1v) is 9.84. The summed E-state index contributed by atoms with van der Waals surface area (Å²) in [5.41, 5.74) is 2.09. The molecule has 0 radical (unpaired) electrons. The molecule has 8 heteroatoms. The van der Waals surface area contributed by atoms with Gasteiger partial charge in [0.2, 0.25) is 5.95 Å². The SMILES string of the molecule is Cc1ccc(-c2[nH]ncc2CNCCCN2CCN(c3ncccn3)CC2)o1. The number of anilines is 1. The summed E-state index contributed by atoms with van der Waals surface area (Å²) in [6.45, 7) is 8.89. The van der Waals surface area contributed by atoms with Crippen molar-refractivity contribution >= 4 is 5.95 Å². The summed E-state index contributed by atoms with van der Waals surface area (Å²) in [5, 5.41) is 10.7. The molecule has 0 saturated carbocycles. The Morgan fingerprint density at radius 2 is 1.96 bits per heavy atom. The van der Waals surface area contributed by atoms with Crippen LogP contribution in [0.4, 0.5) is 5.95 Å². The lowest BCUT2D eigenvalue weighted by atomic mass is 10.2. The van der Waals surface area contributed by atoms with Crippen molar-refractivity contribution in [2.45, 2.75) is 19.9 Å². The van der Waals surface area contributed by atoms with Gasteiger partial charge in [-0.25, -0.2) is 9.97 Å². The normalized spacial score (nSPS) is 15.2. The Kier molecular flexibility index (Phi) is 5.98. The summed E-state index contributed by atoms with van der Waals surface area (Å²) in [5.74, 6) is 2.58. The molecule has 0 amide bonds. The van der Waals surface area contributed by atoms with Crippen molar-refractivity contribution in [2.24, 2.45) is 0 Å². The smallest absolute Gasteiger partial charge is 0.225 e. The zero-order valence-corrected chi connectivity index (χ0v) is 16.3. The number of piperazine rings is 1. The maximum Gasteiger partial charge on any atom is 0.225 e. The van der Waals surface area contributed by atoms with E-state index in [1.54, 1.807) is 12.4 Å². The number of furan rings is 1. The van der Waals surface area contributed by atoms with Gasteiger partial charge in [-0.15, -0.1) is 0 Å². The molecular formula is C20H27N7O. The minimum absolute atomic E-state index is 0.782. The van der Waals surface area contributed by atoms with Crippen molar-refractivity contribution in [3.63, 3.8) is 0 Å². The first kappa shape index (κ1) is 18.6. The third kappa shape index (κ3) is 4.58. The number of nitrogens with one attached hydrogen (secondary N) is 2. The molecule has 2 N–H and O–H groups in total. The van der Waals surface area contributed by atoms with Gasteiger partial charge in [-0.1, -0.05) is 0 Å². The Labute approximate surface area is 165 Å². The van der Waals surface area contributed by atoms with Crippen molar-refractivity contribution in [1.29, 1.82) is 0 Å². The summed E-state index contributed by atoms with van der Waals surface area (Å²) in [7, 11) is 0. The number of hydrogen-bond acceptors (Lipinski definition) is 7. The molecule has 4 rings (SSSR count). The van der Waals surface area contributed by atoms with Crippen LogP contribution < -0.4 is 10.2 Å². The quantitative estimate of drug-likeness (QED) is 0.578. The standard InChI is InChI=1S/C20H27N7O/c1-16-4-5-18(28-16)19-17(15-24-25-19)14-21-6-3-9-26-10-12-27(13-11-26)20-22-7-2-8-23-20/h2,4-5,7-8,15,21H,3,6,9-14H2,1H3,(H,24,25). The van der Waals surface area contributed by atoms with E-state index in [4.69, 9.17) is 4.42 Å². The van der Waals surface area contributed by atoms with E-state index in [0.29, 0.717) is 0 Å². The van der Waals surface area contributed by atoms with Crippen LogP contribution in [0.3, 0.4) is 0 Å². The molecular weight excluding hydrogens is 354 g/mol. The highest BCUT2D eigenvalue weighted by Gasteiger charge is 2.18. The van der Waals surface area contributed by atoms with Gasteiger partial charge in [-0.05, 0) is 44.6 Å². The Hall–Kier alpha value is -2.71. The molecule has 0 aliphatic carbocycles. The van der Waals surface area contributed by atoms with Gasteiger partial charge in [0.05, 0.1) is 6.20 Å². The van der Waals surface area contributed by atoms with E-state index in [0.717, 1.165) is 81.0 Å². The van der Waals surface area contributed by atoms with Gasteiger partial charge in [0.1, 0.15) is 11.5 Å². The minimum Gasteiger partial charge on any atom is -0.460 e. The average molecular weight is 381 g/mol. The zero-order chi connectivity index (χ0) is 19.2. The fourth-order valence-corrected chi connectivity index (χ4v) is 3.50. The van der Waals surface area contributed by atoms with E-state index in [1.165, 1.54) is 0 Å². The Bertz CT molecular complexity index is 852. The van der Waals surface area contributed by atoms with Crippen LogP contribution in [0.2, 0.25) is 0 Å². The topological polar surface area (TPSA) is 86.1 Å². The molecule has 1 saturated heterocycles. The van der Waals surface area contributed by atoms with Gasteiger partial charge < -0.3 is 14.6 Å². The molecule has 28 heavy (non-hydrogen) atoms. The van der Waals surface area contributed by atoms with Crippen LogP contribution in [0.5, 0.6) is 0 Å². The fourth-order valence-electron chi connectivity index (χ4n) is 3.50. The van der Waals surface area contributed by atoms with E-state index in [2.05, 4.69) is 35.3 Å². The predicted molar refractivity (Wildman–Crippen MR) is 108 cm³/mol. The highest BCUT2D eigenvalue weighted by molar-refractivity contribution is 5.56. The Morgan fingerprint density at radius 1 is 1.14 bits per heavy atom. The minimum atomic E-state index is 0.782. The van der Waals surface area contributed by atoms with Crippen LogP contribution in [0, 0.1) is 6.92 Å². The predicted octanol–water partition coefficient (Wildman–Crippen LogP) is 2.07. The molecule has 0 atom stereocenters. The maximum atomic E-state index is 5.70. The summed E-state index contributed by atoms with van der Waals surface area (Å²) >= 11 is 0. The van der Waals surface area contributed by atoms with Gasteiger partial charge in [-0.2, -0.15) is 5.10 Å². The number of aromatic nitrogens is 4. The van der Waals surface area contributed by atoms with Gasteiger partial charge in [0.15, 0.2) is 5.76 Å². The highest BCUT2D eigenvalue weighted by Crippen LogP contribution is 2.23. The second-order valence-corrected chi connectivity index (χ2v) is 7.09. The maximum absolute atomic E-state index is 5.70. The van der Waals surface area contributed by atoms with Crippen molar-refractivity contribution in [3.8, 4) is 11.5 Å². The molecule has 3 aromatic heterocycles. The van der Waals surface area contributed by atoms with Gasteiger partial charge in [0, 0.05) is 50.7 Å². The Morgan fingerprint density at radius 3 is 2.71 bits per heavy atom. The molecule has 0 unspecified atom stereocenters. The summed E-state index contributed by atoms with van der Waals surface area (Å²) in [4.78, 5) is 13.4. The molecule has 4 heterocycles. The van der Waals surface area contributed by atoms with E-state index in [1.807, 2.05) is 31.3 Å². The monoisotopic (exact) mass is 381 g/mol. The lowest BCUT2D eigenvalue weighted by Crippen LogP contribution is -2.47. The largest absolute Gasteiger partial charge is 0.460 e. The second-order valence-electron chi connectivity index (χ2n) is 7.09. The molecule has 1 aliphatic heterocycles. The molecule has 3 aromatic rings. The number of hydrogen-bond donors (Lipinski definition) is 2. The van der Waals surface area contributed by atoms with E-state index in [-0.39, 0.29) is 0 Å². The molecule has 0 spiro atoms. The number of H-pyrrole nitrogens is 1. The number of aromatic amines is 1. The first-order chi connectivity index (χ1) is 13.8. The van der Waals surface area contributed by atoms with Crippen LogP contribution in [0.1, 0.15) is 17.7 Å². The van der Waals surface area contributed by atoms with Crippen molar-refractivity contribution in [1.82, 2.24) is 30.4 Å². The highest BCUT2D eigenvalue weighted by atomic mass is 16.3. The molecule has 1 aliphatic rings. The lowest BCUT2D eigenvalue weighted by Gasteiger charge is -2.34. The third-order valence-electron chi connectivity index (χ3n) is 5.06. The van der Waals surface area contributed by atoms with Gasteiger partial charge >= 0.3 is 0 Å². The van der Waals surface area contributed by atoms with Crippen LogP contribution in [0.15, 0.2) is 41.2 Å². The average Bonchev–Trinajstić information content (AvgIpc) is 3.37. The summed E-state index contributed by atoms with van der Waals surface area (Å²) in [6.07, 6.45) is 6.59.